The summed E-state index contributed by atoms with van der Waals surface area (Å²) in [6, 6.07) is 5.44. The molecule has 8 heteroatoms. The first-order valence-electron chi connectivity index (χ1n) is 6.36. The van der Waals surface area contributed by atoms with E-state index in [0.717, 1.165) is 6.54 Å². The number of aromatic amines is 1. The van der Waals surface area contributed by atoms with Crippen molar-refractivity contribution in [2.75, 3.05) is 18.0 Å². The summed E-state index contributed by atoms with van der Waals surface area (Å²) in [7, 11) is 0. The summed E-state index contributed by atoms with van der Waals surface area (Å²) < 4.78 is 0. The molecule has 2 aromatic rings. The molecular formula is C12H15N7O. The second kappa shape index (κ2) is 4.64. The van der Waals surface area contributed by atoms with Crippen molar-refractivity contribution in [3.63, 3.8) is 0 Å². The molecule has 1 fully saturated rings. The van der Waals surface area contributed by atoms with E-state index in [-0.39, 0.29) is 5.91 Å². The first-order chi connectivity index (χ1) is 9.58. The molecule has 0 saturated carbocycles. The predicted molar refractivity (Wildman–Crippen MR) is 71.8 cm³/mol. The number of hydrogen-bond donors (Lipinski definition) is 2. The first-order valence-corrected chi connectivity index (χ1v) is 6.36. The fraction of sp³-hybridized carbons (Fsp3) is 0.417. The number of piperazine rings is 1. The van der Waals surface area contributed by atoms with Gasteiger partial charge in [-0.3, -0.25) is 9.69 Å². The van der Waals surface area contributed by atoms with E-state index >= 15 is 0 Å². The molecule has 8 nitrogen and oxygen atoms in total. The summed E-state index contributed by atoms with van der Waals surface area (Å²) in [4.78, 5) is 18.6. The van der Waals surface area contributed by atoms with Gasteiger partial charge in [0, 0.05) is 13.1 Å². The van der Waals surface area contributed by atoms with Crippen molar-refractivity contribution in [1.29, 1.82) is 0 Å². The van der Waals surface area contributed by atoms with E-state index in [2.05, 4.69) is 30.9 Å². The Morgan fingerprint density at radius 3 is 2.95 bits per heavy atom. The number of amides is 1. The number of carbonyl (C=O) groups is 1. The van der Waals surface area contributed by atoms with Gasteiger partial charge >= 0.3 is 0 Å². The molecule has 0 aliphatic carbocycles. The second-order valence-electron chi connectivity index (χ2n) is 5.14. The summed E-state index contributed by atoms with van der Waals surface area (Å²) >= 11 is 0. The van der Waals surface area contributed by atoms with E-state index in [0.29, 0.717) is 23.9 Å². The highest BCUT2D eigenvalue weighted by Gasteiger charge is 2.36. The van der Waals surface area contributed by atoms with Crippen molar-refractivity contribution in [3.8, 4) is 11.5 Å². The molecule has 20 heavy (non-hydrogen) atoms. The van der Waals surface area contributed by atoms with E-state index in [1.165, 1.54) is 0 Å². The van der Waals surface area contributed by atoms with E-state index in [1.807, 2.05) is 26.0 Å². The highest BCUT2D eigenvalue weighted by molar-refractivity contribution is 5.99. The molecule has 0 aromatic carbocycles. The van der Waals surface area contributed by atoms with Crippen LogP contribution < -0.4 is 10.2 Å². The average Bonchev–Trinajstić information content (AvgIpc) is 2.96. The summed E-state index contributed by atoms with van der Waals surface area (Å²) in [5.41, 5.74) is 0.0284. The van der Waals surface area contributed by atoms with E-state index in [4.69, 9.17) is 0 Å². The molecule has 1 saturated heterocycles. The van der Waals surface area contributed by atoms with E-state index in [1.54, 1.807) is 11.0 Å². The number of carbonyl (C=O) groups excluding carboxylic acids is 1. The van der Waals surface area contributed by atoms with Crippen molar-refractivity contribution in [2.45, 2.75) is 19.4 Å². The summed E-state index contributed by atoms with van der Waals surface area (Å²) in [6.45, 7) is 5.05. The van der Waals surface area contributed by atoms with Crippen LogP contribution in [0.3, 0.4) is 0 Å². The molecule has 104 valence electrons. The lowest BCUT2D eigenvalue weighted by atomic mass is 10.0. The smallest absolute Gasteiger partial charge is 0.247 e. The van der Waals surface area contributed by atoms with Gasteiger partial charge in [-0.25, -0.2) is 10.1 Å². The predicted octanol–water partition coefficient (Wildman–Crippen LogP) is -0.0235. The molecule has 3 heterocycles. The Labute approximate surface area is 115 Å². The SMILES string of the molecule is CC1(C)NCCN(c2cccc(-c3nnn[nH]3)n2)C1=O. The third-order valence-electron chi connectivity index (χ3n) is 3.28. The Hall–Kier alpha value is -2.35. The van der Waals surface area contributed by atoms with Crippen molar-refractivity contribution in [3.05, 3.63) is 18.2 Å². The lowest BCUT2D eigenvalue weighted by Crippen LogP contribution is -2.61. The molecule has 0 atom stereocenters. The molecule has 0 unspecified atom stereocenters. The molecule has 0 bridgehead atoms. The first kappa shape index (κ1) is 12.7. The van der Waals surface area contributed by atoms with Crippen molar-refractivity contribution >= 4 is 11.7 Å². The zero-order valence-corrected chi connectivity index (χ0v) is 11.3. The Bertz CT molecular complexity index is 622. The molecule has 0 radical (unpaired) electrons. The Kier molecular flexibility index (Phi) is 2.94. The molecule has 2 N–H and O–H groups in total. The highest BCUT2D eigenvalue weighted by atomic mass is 16.2. The standard InChI is InChI=1S/C12H15N7O/c1-12(2)11(20)19(7-6-13-12)9-5-3-4-8(14-9)10-15-17-18-16-10/h3-5,13H,6-7H2,1-2H3,(H,15,16,17,18). The van der Waals surface area contributed by atoms with Crippen LogP contribution in [0, 0.1) is 0 Å². The van der Waals surface area contributed by atoms with Gasteiger partial charge in [-0.1, -0.05) is 6.07 Å². The van der Waals surface area contributed by atoms with Gasteiger partial charge in [-0.2, -0.15) is 0 Å². The number of tetrazole rings is 1. The second-order valence-corrected chi connectivity index (χ2v) is 5.14. The fourth-order valence-corrected chi connectivity index (χ4v) is 2.19. The number of aromatic nitrogens is 5. The minimum Gasteiger partial charge on any atom is -0.302 e. The number of nitrogens with zero attached hydrogens (tertiary/aromatic N) is 5. The summed E-state index contributed by atoms with van der Waals surface area (Å²) in [5, 5.41) is 16.7. The number of pyridine rings is 1. The van der Waals surface area contributed by atoms with Crippen LogP contribution in [0.5, 0.6) is 0 Å². The highest BCUT2D eigenvalue weighted by Crippen LogP contribution is 2.21. The molecular weight excluding hydrogens is 258 g/mol. The number of anilines is 1. The van der Waals surface area contributed by atoms with Gasteiger partial charge in [-0.05, 0) is 36.4 Å². The maximum absolute atomic E-state index is 12.4. The Balaban J connectivity index is 1.95. The summed E-state index contributed by atoms with van der Waals surface area (Å²) in [5.74, 6) is 1.09. The van der Waals surface area contributed by atoms with Crippen LogP contribution in [0.2, 0.25) is 0 Å². The van der Waals surface area contributed by atoms with Gasteiger partial charge in [0.2, 0.25) is 5.91 Å². The fourth-order valence-electron chi connectivity index (χ4n) is 2.19. The summed E-state index contributed by atoms with van der Waals surface area (Å²) in [6.07, 6.45) is 0. The number of H-pyrrole nitrogens is 1. The Morgan fingerprint density at radius 1 is 1.35 bits per heavy atom. The molecule has 2 aromatic heterocycles. The van der Waals surface area contributed by atoms with Crippen molar-refractivity contribution < 1.29 is 4.79 Å². The van der Waals surface area contributed by atoms with Gasteiger partial charge in [-0.15, -0.1) is 5.10 Å². The molecule has 3 rings (SSSR count). The Morgan fingerprint density at radius 2 is 2.20 bits per heavy atom. The normalized spacial score (nSPS) is 18.3. The minimum absolute atomic E-state index is 0.00379. The van der Waals surface area contributed by atoms with Gasteiger partial charge in [0.15, 0.2) is 5.82 Å². The van der Waals surface area contributed by atoms with Crippen LogP contribution in [0.25, 0.3) is 11.5 Å². The van der Waals surface area contributed by atoms with Crippen LogP contribution in [0.15, 0.2) is 18.2 Å². The van der Waals surface area contributed by atoms with Gasteiger partial charge < -0.3 is 5.32 Å². The van der Waals surface area contributed by atoms with Gasteiger partial charge in [0.1, 0.15) is 11.5 Å². The monoisotopic (exact) mass is 273 g/mol. The van der Waals surface area contributed by atoms with Gasteiger partial charge in [0.05, 0.1) is 5.54 Å². The molecule has 1 aliphatic heterocycles. The zero-order valence-electron chi connectivity index (χ0n) is 11.3. The minimum atomic E-state index is -0.580. The third kappa shape index (κ3) is 2.14. The maximum Gasteiger partial charge on any atom is 0.247 e. The lowest BCUT2D eigenvalue weighted by Gasteiger charge is -2.37. The van der Waals surface area contributed by atoms with Crippen LogP contribution in [0.1, 0.15) is 13.8 Å². The zero-order chi connectivity index (χ0) is 14.2. The topological polar surface area (TPSA) is 99.7 Å². The lowest BCUT2D eigenvalue weighted by molar-refractivity contribution is -0.125. The van der Waals surface area contributed by atoms with Crippen LogP contribution in [0.4, 0.5) is 5.82 Å². The van der Waals surface area contributed by atoms with Crippen LogP contribution >= 0.6 is 0 Å². The van der Waals surface area contributed by atoms with E-state index in [9.17, 15) is 4.79 Å². The van der Waals surface area contributed by atoms with Crippen molar-refractivity contribution in [2.24, 2.45) is 0 Å². The number of hydrogen-bond acceptors (Lipinski definition) is 6. The maximum atomic E-state index is 12.4. The number of nitrogens with one attached hydrogen (secondary N) is 2. The molecule has 1 aliphatic rings. The number of rotatable bonds is 2. The van der Waals surface area contributed by atoms with Gasteiger partial charge in [0.25, 0.3) is 0 Å². The van der Waals surface area contributed by atoms with Crippen LogP contribution in [-0.4, -0.2) is 50.1 Å². The largest absolute Gasteiger partial charge is 0.302 e. The quantitative estimate of drug-likeness (QED) is 0.797. The third-order valence-corrected chi connectivity index (χ3v) is 3.28. The molecule has 0 spiro atoms. The van der Waals surface area contributed by atoms with Crippen LogP contribution in [-0.2, 0) is 4.79 Å². The van der Waals surface area contributed by atoms with E-state index < -0.39 is 5.54 Å². The van der Waals surface area contributed by atoms with Crippen molar-refractivity contribution in [1.82, 2.24) is 30.9 Å². The average molecular weight is 273 g/mol. The molecule has 1 amide bonds.